The van der Waals surface area contributed by atoms with Crippen LogP contribution in [0, 0.1) is 0 Å². The summed E-state index contributed by atoms with van der Waals surface area (Å²) in [6.45, 7) is 6.27. The fourth-order valence-electron chi connectivity index (χ4n) is 3.50. The summed E-state index contributed by atoms with van der Waals surface area (Å²) in [5, 5.41) is 13.3. The lowest BCUT2D eigenvalue weighted by molar-refractivity contribution is -0.181. The van der Waals surface area contributed by atoms with Crippen molar-refractivity contribution in [3.63, 3.8) is 0 Å². The number of aromatic nitrogens is 2. The van der Waals surface area contributed by atoms with Crippen LogP contribution in [0.5, 0.6) is 0 Å². The number of nitrogen functional groups attached to an aromatic ring is 1. The maximum atomic E-state index is 9.12. The fraction of sp³-hybridized carbons (Fsp3) is 0.778. The second-order valence-electron chi connectivity index (χ2n) is 7.18. The zero-order chi connectivity index (χ0) is 20.3. The average Bonchev–Trinajstić information content (AvgIpc) is 3.18. The molecule has 10 heteroatoms. The van der Waals surface area contributed by atoms with Crippen molar-refractivity contribution in [2.75, 3.05) is 30.0 Å². The Bertz CT molecular complexity index is 685. The van der Waals surface area contributed by atoms with E-state index in [-0.39, 0.29) is 42.7 Å². The predicted molar refractivity (Wildman–Crippen MR) is 110 cm³/mol. The van der Waals surface area contributed by atoms with E-state index in [1.165, 1.54) is 11.8 Å². The number of hydrogen-bond acceptors (Lipinski definition) is 9. The van der Waals surface area contributed by atoms with E-state index in [2.05, 4.69) is 22.2 Å². The number of hydrogen-bond donors (Lipinski definition) is 3. The first-order valence-electron chi connectivity index (χ1n) is 9.71. The third kappa shape index (κ3) is 4.66. The quantitative estimate of drug-likeness (QED) is 0.308. The molecule has 5 unspecified atom stereocenters. The van der Waals surface area contributed by atoms with Gasteiger partial charge < -0.3 is 30.4 Å². The van der Waals surface area contributed by atoms with Crippen LogP contribution in [0.25, 0.3) is 0 Å². The van der Waals surface area contributed by atoms with Crippen molar-refractivity contribution in [3.05, 3.63) is 5.15 Å². The number of thioether (sulfide) groups is 1. The smallest absolute Gasteiger partial charge is 0.191 e. The summed E-state index contributed by atoms with van der Waals surface area (Å²) in [7, 11) is 0. The Labute approximate surface area is 174 Å². The molecule has 1 aliphatic carbocycles. The summed E-state index contributed by atoms with van der Waals surface area (Å²) >= 11 is 7.76. The summed E-state index contributed by atoms with van der Waals surface area (Å²) in [5.41, 5.74) is 6.44. The number of aliphatic hydroxyl groups is 1. The minimum atomic E-state index is -0.659. The molecule has 8 nitrogen and oxygen atoms in total. The molecule has 158 valence electrons. The van der Waals surface area contributed by atoms with Crippen molar-refractivity contribution < 1.29 is 19.3 Å². The third-order valence-corrected chi connectivity index (χ3v) is 6.39. The van der Waals surface area contributed by atoms with Gasteiger partial charge in [0.2, 0.25) is 0 Å². The lowest BCUT2D eigenvalue weighted by Gasteiger charge is -2.26. The van der Waals surface area contributed by atoms with Crippen molar-refractivity contribution in [2.24, 2.45) is 0 Å². The Kier molecular flexibility index (Phi) is 7.27. The fourth-order valence-corrected chi connectivity index (χ4v) is 4.41. The molecule has 0 amide bonds. The monoisotopic (exact) mass is 432 g/mol. The van der Waals surface area contributed by atoms with Gasteiger partial charge in [0.25, 0.3) is 0 Å². The van der Waals surface area contributed by atoms with E-state index in [1.54, 1.807) is 0 Å². The van der Waals surface area contributed by atoms with E-state index in [9.17, 15) is 0 Å². The van der Waals surface area contributed by atoms with Crippen LogP contribution in [0.3, 0.4) is 0 Å². The second kappa shape index (κ2) is 9.32. The Hall–Kier alpha value is -0.840. The molecule has 1 aromatic rings. The molecular weight excluding hydrogens is 404 g/mol. The highest BCUT2D eigenvalue weighted by Crippen LogP contribution is 2.42. The van der Waals surface area contributed by atoms with Gasteiger partial charge in [0.1, 0.15) is 17.9 Å². The number of nitrogens with one attached hydrogen (secondary N) is 1. The summed E-state index contributed by atoms with van der Waals surface area (Å²) in [6, 6.07) is -0.112. The van der Waals surface area contributed by atoms with Gasteiger partial charge >= 0.3 is 0 Å². The SMILES string of the molecule is CCCSc1nc(Cl)c(N)c(NC2CC(OCCO)C3OC(C)(CC)OC23)n1. The standard InChI is InChI=1S/C18H29ClN4O4S/c1-4-8-28-17-22-15(19)12(20)16(23-17)21-10-9-11(25-7-6-24)14-13(10)26-18(3,5-2)27-14/h10-11,13-14,24H,4-9,20H2,1-3H3,(H,21,22,23). The van der Waals surface area contributed by atoms with Crippen LogP contribution in [-0.2, 0) is 14.2 Å². The number of halogens is 1. The van der Waals surface area contributed by atoms with Crippen molar-refractivity contribution in [3.8, 4) is 0 Å². The average molecular weight is 433 g/mol. The number of anilines is 2. The minimum absolute atomic E-state index is 0.0373. The van der Waals surface area contributed by atoms with Crippen LogP contribution in [-0.4, -0.2) is 64.2 Å². The molecular formula is C18H29ClN4O4S. The molecule has 0 aromatic carbocycles. The van der Waals surface area contributed by atoms with Gasteiger partial charge in [-0.25, -0.2) is 9.97 Å². The van der Waals surface area contributed by atoms with Gasteiger partial charge in [0, 0.05) is 5.75 Å². The summed E-state index contributed by atoms with van der Waals surface area (Å²) in [4.78, 5) is 8.79. The number of ether oxygens (including phenoxy) is 3. The number of nitrogens with two attached hydrogens (primary N) is 1. The van der Waals surface area contributed by atoms with Crippen molar-refractivity contribution in [2.45, 2.75) is 75.3 Å². The van der Waals surface area contributed by atoms with Crippen LogP contribution in [0.4, 0.5) is 11.5 Å². The number of nitrogens with zero attached hydrogens (tertiary/aromatic N) is 2. The summed E-state index contributed by atoms with van der Waals surface area (Å²) in [5.74, 6) is 0.739. The van der Waals surface area contributed by atoms with Gasteiger partial charge in [0.15, 0.2) is 21.9 Å². The molecule has 3 rings (SSSR count). The molecule has 0 radical (unpaired) electrons. The normalized spacial score (nSPS) is 31.9. The van der Waals surface area contributed by atoms with Crippen molar-refractivity contribution >= 4 is 34.9 Å². The minimum Gasteiger partial charge on any atom is -0.394 e. The predicted octanol–water partition coefficient (Wildman–Crippen LogP) is 2.69. The maximum Gasteiger partial charge on any atom is 0.191 e. The highest BCUT2D eigenvalue weighted by molar-refractivity contribution is 7.99. The second-order valence-corrected chi connectivity index (χ2v) is 8.60. The molecule has 2 fully saturated rings. The van der Waals surface area contributed by atoms with Crippen LogP contribution in [0.1, 0.15) is 40.0 Å². The lowest BCUT2D eigenvalue weighted by Crippen LogP contribution is -2.35. The van der Waals surface area contributed by atoms with E-state index < -0.39 is 5.79 Å². The Morgan fingerprint density at radius 1 is 1.36 bits per heavy atom. The highest BCUT2D eigenvalue weighted by atomic mass is 35.5. The van der Waals surface area contributed by atoms with Crippen LogP contribution < -0.4 is 11.1 Å². The summed E-state index contributed by atoms with van der Waals surface area (Å²) < 4.78 is 18.2. The van der Waals surface area contributed by atoms with Gasteiger partial charge in [-0.05, 0) is 26.2 Å². The highest BCUT2D eigenvalue weighted by Gasteiger charge is 2.55. The first-order chi connectivity index (χ1) is 13.4. The van der Waals surface area contributed by atoms with E-state index in [0.29, 0.717) is 23.1 Å². The number of aliphatic hydroxyl groups excluding tert-OH is 1. The van der Waals surface area contributed by atoms with Gasteiger partial charge in [0.05, 0.1) is 25.4 Å². The zero-order valence-corrected chi connectivity index (χ0v) is 18.1. The molecule has 1 saturated carbocycles. The number of fused-ring (bicyclic) bond motifs is 1. The molecule has 2 aliphatic rings. The molecule has 1 saturated heterocycles. The molecule has 1 aromatic heterocycles. The van der Waals surface area contributed by atoms with Crippen LogP contribution in [0.2, 0.25) is 5.15 Å². The number of rotatable bonds is 9. The van der Waals surface area contributed by atoms with E-state index in [0.717, 1.165) is 18.6 Å². The first kappa shape index (κ1) is 21.9. The molecule has 0 bridgehead atoms. The molecule has 4 N–H and O–H groups in total. The van der Waals surface area contributed by atoms with Gasteiger partial charge in [-0.3, -0.25) is 0 Å². The van der Waals surface area contributed by atoms with E-state index in [1.807, 2.05) is 13.8 Å². The van der Waals surface area contributed by atoms with Crippen molar-refractivity contribution in [1.82, 2.24) is 9.97 Å². The van der Waals surface area contributed by atoms with E-state index >= 15 is 0 Å². The third-order valence-electron chi connectivity index (χ3n) is 5.05. The first-order valence-corrected chi connectivity index (χ1v) is 11.1. The Balaban J connectivity index is 1.80. The Morgan fingerprint density at radius 3 is 2.79 bits per heavy atom. The van der Waals surface area contributed by atoms with E-state index in [4.69, 9.17) is 36.7 Å². The largest absolute Gasteiger partial charge is 0.394 e. The zero-order valence-electron chi connectivity index (χ0n) is 16.5. The van der Waals surface area contributed by atoms with Gasteiger partial charge in [-0.15, -0.1) is 0 Å². The maximum absolute atomic E-state index is 9.12. The topological polar surface area (TPSA) is 112 Å². The summed E-state index contributed by atoms with van der Waals surface area (Å²) in [6.07, 6.45) is 1.76. The van der Waals surface area contributed by atoms with Crippen LogP contribution >= 0.6 is 23.4 Å². The molecule has 5 atom stereocenters. The molecule has 28 heavy (non-hydrogen) atoms. The van der Waals surface area contributed by atoms with Gasteiger partial charge in [-0.1, -0.05) is 37.2 Å². The lowest BCUT2D eigenvalue weighted by atomic mass is 10.2. The molecule has 1 aliphatic heterocycles. The van der Waals surface area contributed by atoms with Gasteiger partial charge in [-0.2, -0.15) is 0 Å². The van der Waals surface area contributed by atoms with Crippen LogP contribution in [0.15, 0.2) is 5.16 Å². The molecule has 0 spiro atoms. The molecule has 2 heterocycles. The van der Waals surface area contributed by atoms with Crippen molar-refractivity contribution in [1.29, 1.82) is 0 Å². The Morgan fingerprint density at radius 2 is 2.11 bits per heavy atom.